The molecule has 0 unspecified atom stereocenters. The number of carbonyl (C=O) groups excluding carboxylic acids is 1. The molecule has 0 atom stereocenters. The van der Waals surface area contributed by atoms with Crippen molar-refractivity contribution in [2.75, 3.05) is 6.26 Å². The molecule has 0 aliphatic heterocycles. The fraction of sp³-hybridized carbons (Fsp3) is 0.125. The predicted octanol–water partition coefficient (Wildman–Crippen LogP) is 1.18. The van der Waals surface area contributed by atoms with Crippen molar-refractivity contribution in [1.29, 1.82) is 0 Å². The SMILES string of the molecule is CS(=O)(=O)c1cc(C=O)c(F)cc1F. The Balaban J connectivity index is 3.55. The highest BCUT2D eigenvalue weighted by Gasteiger charge is 2.17. The summed E-state index contributed by atoms with van der Waals surface area (Å²) in [6, 6.07) is 1.05. The molecule has 0 aliphatic carbocycles. The van der Waals surface area contributed by atoms with E-state index < -0.39 is 31.9 Å². The largest absolute Gasteiger partial charge is 0.298 e. The zero-order valence-electron chi connectivity index (χ0n) is 7.12. The van der Waals surface area contributed by atoms with E-state index in [4.69, 9.17) is 0 Å². The van der Waals surface area contributed by atoms with Crippen LogP contribution < -0.4 is 0 Å². The van der Waals surface area contributed by atoms with E-state index in [2.05, 4.69) is 0 Å². The smallest absolute Gasteiger partial charge is 0.178 e. The van der Waals surface area contributed by atoms with Gasteiger partial charge in [-0.1, -0.05) is 0 Å². The van der Waals surface area contributed by atoms with Gasteiger partial charge in [-0.25, -0.2) is 17.2 Å². The standard InChI is InChI=1S/C8H6F2O3S/c1-14(12,13)8-2-5(4-11)6(9)3-7(8)10/h2-4H,1H3. The molecule has 0 radical (unpaired) electrons. The van der Waals surface area contributed by atoms with Crippen LogP contribution in [0.3, 0.4) is 0 Å². The topological polar surface area (TPSA) is 51.2 Å². The zero-order valence-corrected chi connectivity index (χ0v) is 7.94. The Kier molecular flexibility index (Phi) is 2.66. The summed E-state index contributed by atoms with van der Waals surface area (Å²) in [5.41, 5.74) is -0.480. The summed E-state index contributed by atoms with van der Waals surface area (Å²) in [5.74, 6) is -2.28. The van der Waals surface area contributed by atoms with E-state index in [1.807, 2.05) is 0 Å². The molecule has 0 amide bonds. The Morgan fingerprint density at radius 2 is 1.79 bits per heavy atom. The Morgan fingerprint density at radius 1 is 1.21 bits per heavy atom. The van der Waals surface area contributed by atoms with Crippen LogP contribution in [0.5, 0.6) is 0 Å². The first kappa shape index (κ1) is 10.8. The quantitative estimate of drug-likeness (QED) is 0.555. The predicted molar refractivity (Wildman–Crippen MR) is 44.9 cm³/mol. The summed E-state index contributed by atoms with van der Waals surface area (Å²) in [6.45, 7) is 0. The van der Waals surface area contributed by atoms with Crippen LogP contribution in [-0.4, -0.2) is 21.0 Å². The number of halogens is 2. The summed E-state index contributed by atoms with van der Waals surface area (Å²) in [5, 5.41) is 0. The van der Waals surface area contributed by atoms with Crippen LogP contribution in [0.1, 0.15) is 10.4 Å². The number of rotatable bonds is 2. The van der Waals surface area contributed by atoms with Crippen LogP contribution in [0.15, 0.2) is 17.0 Å². The second-order valence-corrected chi connectivity index (χ2v) is 4.68. The zero-order chi connectivity index (χ0) is 10.9. The van der Waals surface area contributed by atoms with Gasteiger partial charge in [0, 0.05) is 12.3 Å². The second kappa shape index (κ2) is 3.45. The van der Waals surface area contributed by atoms with Crippen LogP contribution in [0.25, 0.3) is 0 Å². The van der Waals surface area contributed by atoms with E-state index >= 15 is 0 Å². The summed E-state index contributed by atoms with van der Waals surface area (Å²) < 4.78 is 47.6. The maximum absolute atomic E-state index is 12.9. The lowest BCUT2D eigenvalue weighted by Crippen LogP contribution is -2.03. The van der Waals surface area contributed by atoms with Crippen molar-refractivity contribution >= 4 is 16.1 Å². The molecular weight excluding hydrogens is 214 g/mol. The molecule has 0 N–H and O–H groups in total. The molecule has 0 heterocycles. The van der Waals surface area contributed by atoms with Gasteiger partial charge in [-0.15, -0.1) is 0 Å². The molecule has 1 aromatic carbocycles. The van der Waals surface area contributed by atoms with Gasteiger partial charge in [0.2, 0.25) is 0 Å². The molecule has 14 heavy (non-hydrogen) atoms. The maximum Gasteiger partial charge on any atom is 0.178 e. The molecule has 76 valence electrons. The molecule has 0 aliphatic rings. The molecule has 0 saturated heterocycles. The van der Waals surface area contributed by atoms with Crippen molar-refractivity contribution < 1.29 is 22.0 Å². The van der Waals surface area contributed by atoms with Crippen molar-refractivity contribution in [3.8, 4) is 0 Å². The van der Waals surface area contributed by atoms with Crippen LogP contribution in [0.4, 0.5) is 8.78 Å². The fourth-order valence-electron chi connectivity index (χ4n) is 0.919. The van der Waals surface area contributed by atoms with Crippen molar-refractivity contribution in [3.05, 3.63) is 29.3 Å². The van der Waals surface area contributed by atoms with Gasteiger partial charge in [-0.3, -0.25) is 4.79 Å². The van der Waals surface area contributed by atoms with Gasteiger partial charge in [-0.05, 0) is 6.07 Å². The van der Waals surface area contributed by atoms with Crippen LogP contribution in [0, 0.1) is 11.6 Å². The van der Waals surface area contributed by atoms with Crippen molar-refractivity contribution in [2.24, 2.45) is 0 Å². The van der Waals surface area contributed by atoms with E-state index in [1.54, 1.807) is 0 Å². The third-order valence-corrected chi connectivity index (χ3v) is 2.69. The van der Waals surface area contributed by atoms with Gasteiger partial charge in [0.15, 0.2) is 16.1 Å². The molecule has 0 spiro atoms. The number of hydrogen-bond donors (Lipinski definition) is 0. The third-order valence-electron chi connectivity index (χ3n) is 1.58. The monoisotopic (exact) mass is 220 g/mol. The molecule has 0 bridgehead atoms. The minimum atomic E-state index is -3.78. The van der Waals surface area contributed by atoms with Crippen molar-refractivity contribution in [1.82, 2.24) is 0 Å². The van der Waals surface area contributed by atoms with E-state index in [-0.39, 0.29) is 6.29 Å². The maximum atomic E-state index is 12.9. The summed E-state index contributed by atoms with van der Waals surface area (Å²) in [4.78, 5) is 9.58. The number of aldehydes is 1. The number of hydrogen-bond acceptors (Lipinski definition) is 3. The number of carbonyl (C=O) groups is 1. The third kappa shape index (κ3) is 1.95. The van der Waals surface area contributed by atoms with Gasteiger partial charge in [0.1, 0.15) is 16.5 Å². The molecule has 3 nitrogen and oxygen atoms in total. The molecule has 6 heteroatoms. The number of benzene rings is 1. The highest BCUT2D eigenvalue weighted by molar-refractivity contribution is 7.90. The molecule has 0 aromatic heterocycles. The second-order valence-electron chi connectivity index (χ2n) is 2.69. The number of sulfone groups is 1. The lowest BCUT2D eigenvalue weighted by molar-refractivity contribution is 0.111. The van der Waals surface area contributed by atoms with E-state index in [0.29, 0.717) is 12.1 Å². The van der Waals surface area contributed by atoms with Gasteiger partial charge in [0.25, 0.3) is 0 Å². The van der Waals surface area contributed by atoms with Crippen LogP contribution in [0.2, 0.25) is 0 Å². The Morgan fingerprint density at radius 3 is 2.21 bits per heavy atom. The highest BCUT2D eigenvalue weighted by Crippen LogP contribution is 2.18. The van der Waals surface area contributed by atoms with Gasteiger partial charge < -0.3 is 0 Å². The van der Waals surface area contributed by atoms with E-state index in [9.17, 15) is 22.0 Å². The Hall–Kier alpha value is -1.30. The minimum absolute atomic E-state index is 0.128. The van der Waals surface area contributed by atoms with Crippen LogP contribution >= 0.6 is 0 Å². The lowest BCUT2D eigenvalue weighted by atomic mass is 10.2. The average Bonchev–Trinajstić information content (AvgIpc) is 2.02. The summed E-state index contributed by atoms with van der Waals surface area (Å²) >= 11 is 0. The van der Waals surface area contributed by atoms with Gasteiger partial charge in [0.05, 0.1) is 5.56 Å². The Labute approximate surface area is 79.3 Å². The molecule has 0 saturated carbocycles. The summed E-state index contributed by atoms with van der Waals surface area (Å²) in [6.07, 6.45) is 0.904. The highest BCUT2D eigenvalue weighted by atomic mass is 32.2. The van der Waals surface area contributed by atoms with Crippen molar-refractivity contribution in [2.45, 2.75) is 4.90 Å². The first-order valence-electron chi connectivity index (χ1n) is 3.50. The van der Waals surface area contributed by atoms with Crippen molar-refractivity contribution in [3.63, 3.8) is 0 Å². The first-order chi connectivity index (χ1) is 6.36. The van der Waals surface area contributed by atoms with E-state index in [1.165, 1.54) is 0 Å². The average molecular weight is 220 g/mol. The molecule has 1 aromatic rings. The minimum Gasteiger partial charge on any atom is -0.298 e. The van der Waals surface area contributed by atoms with Gasteiger partial charge >= 0.3 is 0 Å². The molecule has 0 fully saturated rings. The van der Waals surface area contributed by atoms with Crippen LogP contribution in [-0.2, 0) is 9.84 Å². The normalized spacial score (nSPS) is 11.4. The van der Waals surface area contributed by atoms with E-state index in [0.717, 1.165) is 6.26 Å². The molecular formula is C8H6F2O3S. The molecule has 1 rings (SSSR count). The Bertz CT molecular complexity index is 480. The summed E-state index contributed by atoms with van der Waals surface area (Å²) in [7, 11) is -3.78. The lowest BCUT2D eigenvalue weighted by Gasteiger charge is -2.02. The fourth-order valence-corrected chi connectivity index (χ4v) is 1.67. The first-order valence-corrected chi connectivity index (χ1v) is 5.39. The van der Waals surface area contributed by atoms with Gasteiger partial charge in [-0.2, -0.15) is 0 Å².